The van der Waals surface area contributed by atoms with Gasteiger partial charge in [-0.25, -0.2) is 0 Å². The Balaban J connectivity index is 1.53. The lowest BCUT2D eigenvalue weighted by Crippen LogP contribution is -2.47. The van der Waals surface area contributed by atoms with E-state index >= 15 is 0 Å². The van der Waals surface area contributed by atoms with Gasteiger partial charge in [-0.15, -0.1) is 11.3 Å². The molecule has 1 saturated carbocycles. The number of thiophene rings is 1. The Kier molecular flexibility index (Phi) is 4.02. The van der Waals surface area contributed by atoms with Gasteiger partial charge in [-0.1, -0.05) is 60.7 Å². The standard InChI is InChI=1S/C21H21NS/c1-2-6-17(7-3-1)18-9-11-19(12-10-18)21(13-5-14-21)22-16-20-8-4-15-23-20/h1-4,6-12,15,22H,5,13-14,16H2. The van der Waals surface area contributed by atoms with Crippen molar-refractivity contribution in [3.63, 3.8) is 0 Å². The fourth-order valence-corrected chi connectivity index (χ4v) is 4.02. The second-order valence-electron chi connectivity index (χ2n) is 6.31. The maximum absolute atomic E-state index is 3.82. The van der Waals surface area contributed by atoms with Crippen molar-refractivity contribution >= 4 is 11.3 Å². The molecule has 3 aromatic rings. The van der Waals surface area contributed by atoms with Crippen LogP contribution in [-0.4, -0.2) is 0 Å². The fourth-order valence-electron chi connectivity index (χ4n) is 3.38. The van der Waals surface area contributed by atoms with Crippen LogP contribution >= 0.6 is 11.3 Å². The first-order chi connectivity index (χ1) is 11.4. The zero-order chi connectivity index (χ0) is 15.5. The molecule has 1 nitrogen and oxygen atoms in total. The molecule has 0 saturated heterocycles. The van der Waals surface area contributed by atoms with Crippen LogP contribution in [0.1, 0.15) is 29.7 Å². The van der Waals surface area contributed by atoms with Crippen LogP contribution in [0.25, 0.3) is 11.1 Å². The van der Waals surface area contributed by atoms with Gasteiger partial charge in [-0.3, -0.25) is 0 Å². The van der Waals surface area contributed by atoms with Crippen LogP contribution in [0.3, 0.4) is 0 Å². The van der Waals surface area contributed by atoms with Crippen LogP contribution in [0.2, 0.25) is 0 Å². The van der Waals surface area contributed by atoms with E-state index in [2.05, 4.69) is 77.4 Å². The quantitative estimate of drug-likeness (QED) is 0.647. The summed E-state index contributed by atoms with van der Waals surface area (Å²) in [6.45, 7) is 0.970. The van der Waals surface area contributed by atoms with Gasteiger partial charge in [0, 0.05) is 17.0 Å². The molecule has 0 atom stereocenters. The smallest absolute Gasteiger partial charge is 0.0437 e. The first-order valence-electron chi connectivity index (χ1n) is 8.29. The zero-order valence-electron chi connectivity index (χ0n) is 13.2. The minimum Gasteiger partial charge on any atom is -0.302 e. The van der Waals surface area contributed by atoms with E-state index in [1.807, 2.05) is 11.3 Å². The van der Waals surface area contributed by atoms with E-state index in [0.29, 0.717) is 0 Å². The van der Waals surface area contributed by atoms with Gasteiger partial charge < -0.3 is 5.32 Å². The topological polar surface area (TPSA) is 12.0 Å². The Morgan fingerprint density at radius 3 is 2.17 bits per heavy atom. The third-order valence-electron chi connectivity index (χ3n) is 4.93. The van der Waals surface area contributed by atoms with Crippen molar-refractivity contribution in [2.24, 2.45) is 0 Å². The molecule has 4 rings (SSSR count). The first-order valence-corrected chi connectivity index (χ1v) is 9.17. The van der Waals surface area contributed by atoms with Crippen LogP contribution in [-0.2, 0) is 12.1 Å². The lowest BCUT2D eigenvalue weighted by Gasteiger charge is -2.43. The molecule has 0 bridgehead atoms. The Labute approximate surface area is 142 Å². The highest BCUT2D eigenvalue weighted by Gasteiger charge is 2.37. The number of hydrogen-bond donors (Lipinski definition) is 1. The zero-order valence-corrected chi connectivity index (χ0v) is 14.0. The summed E-state index contributed by atoms with van der Waals surface area (Å²) in [7, 11) is 0. The van der Waals surface area contributed by atoms with Crippen molar-refractivity contribution in [1.29, 1.82) is 0 Å². The van der Waals surface area contributed by atoms with E-state index in [-0.39, 0.29) is 5.54 Å². The minimum absolute atomic E-state index is 0.180. The molecule has 1 heterocycles. The average molecular weight is 319 g/mol. The summed E-state index contributed by atoms with van der Waals surface area (Å²) in [6.07, 6.45) is 3.80. The van der Waals surface area contributed by atoms with Crippen LogP contribution in [0.5, 0.6) is 0 Å². The van der Waals surface area contributed by atoms with Crippen molar-refractivity contribution < 1.29 is 0 Å². The summed E-state index contributed by atoms with van der Waals surface area (Å²) >= 11 is 1.83. The predicted octanol–water partition coefficient (Wildman–Crippen LogP) is 5.58. The Hall–Kier alpha value is -1.90. The van der Waals surface area contributed by atoms with Gasteiger partial charge in [0.05, 0.1) is 0 Å². The number of nitrogens with one attached hydrogen (secondary N) is 1. The van der Waals surface area contributed by atoms with Gasteiger partial charge in [0.1, 0.15) is 0 Å². The second-order valence-corrected chi connectivity index (χ2v) is 7.34. The monoisotopic (exact) mass is 319 g/mol. The van der Waals surface area contributed by atoms with Crippen LogP contribution in [0.15, 0.2) is 72.1 Å². The summed E-state index contributed by atoms with van der Waals surface area (Å²) in [5.41, 5.74) is 4.19. The molecule has 1 N–H and O–H groups in total. The molecular formula is C21H21NS. The molecule has 2 heteroatoms. The Morgan fingerprint density at radius 1 is 0.826 bits per heavy atom. The molecule has 0 unspecified atom stereocenters. The molecule has 0 radical (unpaired) electrons. The highest BCUT2D eigenvalue weighted by molar-refractivity contribution is 7.09. The number of hydrogen-bond acceptors (Lipinski definition) is 2. The lowest BCUT2D eigenvalue weighted by molar-refractivity contribution is 0.184. The van der Waals surface area contributed by atoms with Gasteiger partial charge in [0.25, 0.3) is 0 Å². The molecular weight excluding hydrogens is 298 g/mol. The van der Waals surface area contributed by atoms with Gasteiger partial charge in [0.15, 0.2) is 0 Å². The summed E-state index contributed by atoms with van der Waals surface area (Å²) < 4.78 is 0. The van der Waals surface area contributed by atoms with Crippen LogP contribution < -0.4 is 5.32 Å². The van der Waals surface area contributed by atoms with Crippen LogP contribution in [0, 0.1) is 0 Å². The molecule has 0 aliphatic heterocycles. The van der Waals surface area contributed by atoms with E-state index < -0.39 is 0 Å². The molecule has 23 heavy (non-hydrogen) atoms. The summed E-state index contributed by atoms with van der Waals surface area (Å²) in [5, 5.41) is 5.97. The Morgan fingerprint density at radius 2 is 1.57 bits per heavy atom. The van der Waals surface area contributed by atoms with Gasteiger partial charge in [-0.2, -0.15) is 0 Å². The summed E-state index contributed by atoms with van der Waals surface area (Å²) in [6, 6.07) is 24.1. The second kappa shape index (κ2) is 6.31. The first kappa shape index (κ1) is 14.7. The minimum atomic E-state index is 0.180. The van der Waals surface area contributed by atoms with Crippen molar-refractivity contribution in [2.75, 3.05) is 0 Å². The maximum Gasteiger partial charge on any atom is 0.0437 e. The molecule has 2 aromatic carbocycles. The summed E-state index contributed by atoms with van der Waals surface area (Å²) in [4.78, 5) is 1.41. The predicted molar refractivity (Wildman–Crippen MR) is 98.6 cm³/mol. The van der Waals surface area contributed by atoms with Gasteiger partial charge in [-0.05, 0) is 47.4 Å². The van der Waals surface area contributed by atoms with E-state index in [1.165, 1.54) is 40.8 Å². The largest absolute Gasteiger partial charge is 0.302 e. The fraction of sp³-hybridized carbons (Fsp3) is 0.238. The third-order valence-corrected chi connectivity index (χ3v) is 5.81. The molecule has 1 fully saturated rings. The molecule has 1 aliphatic carbocycles. The Bertz CT molecular complexity index is 740. The normalized spacial score (nSPS) is 16.0. The highest BCUT2D eigenvalue weighted by Crippen LogP contribution is 2.42. The molecule has 1 aliphatic rings. The van der Waals surface area contributed by atoms with Crippen molar-refractivity contribution in [1.82, 2.24) is 5.32 Å². The van der Waals surface area contributed by atoms with Crippen molar-refractivity contribution in [3.8, 4) is 11.1 Å². The molecule has 0 amide bonds. The van der Waals surface area contributed by atoms with Gasteiger partial charge in [0.2, 0.25) is 0 Å². The number of benzene rings is 2. The highest BCUT2D eigenvalue weighted by atomic mass is 32.1. The van der Waals surface area contributed by atoms with Crippen molar-refractivity contribution in [2.45, 2.75) is 31.3 Å². The average Bonchev–Trinajstić information content (AvgIpc) is 3.09. The van der Waals surface area contributed by atoms with Gasteiger partial charge >= 0.3 is 0 Å². The molecule has 116 valence electrons. The summed E-state index contributed by atoms with van der Waals surface area (Å²) in [5.74, 6) is 0. The molecule has 0 spiro atoms. The van der Waals surface area contributed by atoms with Crippen LogP contribution in [0.4, 0.5) is 0 Å². The SMILES string of the molecule is c1ccc(-c2ccc(C3(NCc4cccs4)CCC3)cc2)cc1. The maximum atomic E-state index is 3.82. The van der Waals surface area contributed by atoms with E-state index in [4.69, 9.17) is 0 Å². The lowest BCUT2D eigenvalue weighted by atomic mass is 9.71. The van der Waals surface area contributed by atoms with Crippen molar-refractivity contribution in [3.05, 3.63) is 82.6 Å². The van der Waals surface area contributed by atoms with E-state index in [1.54, 1.807) is 0 Å². The van der Waals surface area contributed by atoms with E-state index in [0.717, 1.165) is 6.54 Å². The molecule has 1 aromatic heterocycles. The third kappa shape index (κ3) is 2.97. The van der Waals surface area contributed by atoms with E-state index in [9.17, 15) is 0 Å². The number of rotatable bonds is 5.